The van der Waals surface area contributed by atoms with Crippen LogP contribution in [0.4, 0.5) is 4.79 Å². The van der Waals surface area contributed by atoms with Crippen LogP contribution in [0.5, 0.6) is 5.75 Å². The molecule has 0 saturated carbocycles. The minimum absolute atomic E-state index is 0.133. The highest BCUT2D eigenvalue weighted by molar-refractivity contribution is 5.70. The smallest absolute Gasteiger partial charge is 0.407 e. The quantitative estimate of drug-likeness (QED) is 0.843. The summed E-state index contributed by atoms with van der Waals surface area (Å²) in [5, 5.41) is 2.66. The number of alkyl carbamates (subject to hydrolysis) is 1. The molecule has 0 bridgehead atoms. The van der Waals surface area contributed by atoms with E-state index in [2.05, 4.69) is 10.1 Å². The molecule has 21 heavy (non-hydrogen) atoms. The molecule has 6 heteroatoms. The van der Waals surface area contributed by atoms with E-state index >= 15 is 0 Å². The number of rotatable bonds is 5. The summed E-state index contributed by atoms with van der Waals surface area (Å²) < 4.78 is 14.8. The Morgan fingerprint density at radius 2 is 1.76 bits per heavy atom. The van der Waals surface area contributed by atoms with Gasteiger partial charge in [-0.05, 0) is 38.5 Å². The van der Waals surface area contributed by atoms with Gasteiger partial charge in [0.15, 0.2) is 6.61 Å². The van der Waals surface area contributed by atoms with Crippen molar-refractivity contribution in [1.29, 1.82) is 0 Å². The number of amides is 1. The van der Waals surface area contributed by atoms with Gasteiger partial charge in [-0.15, -0.1) is 0 Å². The maximum absolute atomic E-state index is 11.5. The van der Waals surface area contributed by atoms with Crippen LogP contribution in [-0.4, -0.2) is 31.4 Å². The van der Waals surface area contributed by atoms with Gasteiger partial charge in [0, 0.05) is 6.54 Å². The Morgan fingerprint density at radius 1 is 1.14 bits per heavy atom. The van der Waals surface area contributed by atoms with Gasteiger partial charge >= 0.3 is 12.1 Å². The van der Waals surface area contributed by atoms with E-state index in [0.717, 1.165) is 5.56 Å². The van der Waals surface area contributed by atoms with E-state index in [0.29, 0.717) is 12.3 Å². The molecule has 0 aliphatic heterocycles. The van der Waals surface area contributed by atoms with Crippen molar-refractivity contribution in [2.24, 2.45) is 0 Å². The molecule has 1 amide bonds. The average molecular weight is 295 g/mol. The van der Waals surface area contributed by atoms with E-state index in [1.165, 1.54) is 7.11 Å². The summed E-state index contributed by atoms with van der Waals surface area (Å²) in [5.74, 6) is 0.118. The first-order valence-electron chi connectivity index (χ1n) is 6.55. The molecule has 0 heterocycles. The van der Waals surface area contributed by atoms with E-state index in [1.807, 2.05) is 0 Å². The molecule has 1 N–H and O–H groups in total. The van der Waals surface area contributed by atoms with E-state index in [1.54, 1.807) is 45.0 Å². The van der Waals surface area contributed by atoms with E-state index in [-0.39, 0.29) is 6.61 Å². The highest BCUT2D eigenvalue weighted by atomic mass is 16.6. The second-order valence-corrected chi connectivity index (χ2v) is 5.36. The third kappa shape index (κ3) is 7.20. The van der Waals surface area contributed by atoms with Crippen molar-refractivity contribution in [2.45, 2.75) is 32.9 Å². The molecule has 0 aromatic heterocycles. The number of carbonyl (C=O) groups excluding carboxylic acids is 2. The largest absolute Gasteiger partial charge is 0.482 e. The molecular formula is C15H21NO5. The van der Waals surface area contributed by atoms with Gasteiger partial charge in [0.25, 0.3) is 0 Å². The molecule has 0 fully saturated rings. The summed E-state index contributed by atoms with van der Waals surface area (Å²) in [6, 6.07) is 7.03. The van der Waals surface area contributed by atoms with Gasteiger partial charge in [-0.2, -0.15) is 0 Å². The maximum atomic E-state index is 11.5. The van der Waals surface area contributed by atoms with Crippen LogP contribution in [0.25, 0.3) is 0 Å². The third-order valence-corrected chi connectivity index (χ3v) is 2.34. The number of hydrogen-bond donors (Lipinski definition) is 1. The average Bonchev–Trinajstić information content (AvgIpc) is 2.41. The fraction of sp³-hybridized carbons (Fsp3) is 0.467. The fourth-order valence-corrected chi connectivity index (χ4v) is 1.39. The van der Waals surface area contributed by atoms with Gasteiger partial charge in [0.1, 0.15) is 11.4 Å². The van der Waals surface area contributed by atoms with E-state index in [9.17, 15) is 9.59 Å². The number of nitrogens with one attached hydrogen (secondary N) is 1. The van der Waals surface area contributed by atoms with Crippen LogP contribution in [0, 0.1) is 0 Å². The molecule has 1 aromatic carbocycles. The Kier molecular flexibility index (Phi) is 6.02. The molecular weight excluding hydrogens is 274 g/mol. The SMILES string of the molecule is COC(=O)COc1ccc(CNC(=O)OC(C)(C)C)cc1. The molecule has 1 rings (SSSR count). The Labute approximate surface area is 124 Å². The highest BCUT2D eigenvalue weighted by Gasteiger charge is 2.15. The van der Waals surface area contributed by atoms with Crippen molar-refractivity contribution in [1.82, 2.24) is 5.32 Å². The summed E-state index contributed by atoms with van der Waals surface area (Å²) in [4.78, 5) is 22.4. The first-order valence-corrected chi connectivity index (χ1v) is 6.55. The molecule has 0 aliphatic carbocycles. The standard InChI is InChI=1S/C15H21NO5/c1-15(2,3)21-14(18)16-9-11-5-7-12(8-6-11)20-10-13(17)19-4/h5-8H,9-10H2,1-4H3,(H,16,18). The number of ether oxygens (including phenoxy) is 3. The Hall–Kier alpha value is -2.24. The zero-order valence-corrected chi connectivity index (χ0v) is 12.8. The second kappa shape index (κ2) is 7.52. The van der Waals surface area contributed by atoms with Crippen molar-refractivity contribution in [3.05, 3.63) is 29.8 Å². The molecule has 0 atom stereocenters. The van der Waals surface area contributed by atoms with Crippen LogP contribution in [0.3, 0.4) is 0 Å². The molecule has 0 unspecified atom stereocenters. The first kappa shape index (κ1) is 16.8. The van der Waals surface area contributed by atoms with Crippen molar-refractivity contribution in [3.63, 3.8) is 0 Å². The molecule has 0 radical (unpaired) electrons. The van der Waals surface area contributed by atoms with Crippen LogP contribution < -0.4 is 10.1 Å². The summed E-state index contributed by atoms with van der Waals surface area (Å²) in [5.41, 5.74) is 0.377. The molecule has 0 aliphatic rings. The van der Waals surface area contributed by atoms with Gasteiger partial charge in [-0.3, -0.25) is 0 Å². The number of hydrogen-bond acceptors (Lipinski definition) is 5. The van der Waals surface area contributed by atoms with Gasteiger partial charge in [-0.25, -0.2) is 9.59 Å². The lowest BCUT2D eigenvalue weighted by Crippen LogP contribution is -2.32. The van der Waals surface area contributed by atoms with Crippen LogP contribution in [0.1, 0.15) is 26.3 Å². The summed E-state index contributed by atoms with van der Waals surface area (Å²) in [6.07, 6.45) is -0.464. The van der Waals surface area contributed by atoms with Crippen molar-refractivity contribution >= 4 is 12.1 Å². The number of methoxy groups -OCH3 is 1. The monoisotopic (exact) mass is 295 g/mol. The van der Waals surface area contributed by atoms with Gasteiger partial charge in [0.2, 0.25) is 0 Å². The fourth-order valence-electron chi connectivity index (χ4n) is 1.39. The second-order valence-electron chi connectivity index (χ2n) is 5.36. The Bertz CT molecular complexity index is 476. The lowest BCUT2D eigenvalue weighted by atomic mass is 10.2. The van der Waals surface area contributed by atoms with Crippen LogP contribution in [-0.2, 0) is 20.8 Å². The summed E-state index contributed by atoms with van der Waals surface area (Å²) in [7, 11) is 1.30. The summed E-state index contributed by atoms with van der Waals surface area (Å²) in [6.45, 7) is 5.64. The van der Waals surface area contributed by atoms with Crippen LogP contribution >= 0.6 is 0 Å². The normalized spacial score (nSPS) is 10.7. The van der Waals surface area contributed by atoms with Crippen molar-refractivity contribution in [2.75, 3.05) is 13.7 Å². The minimum Gasteiger partial charge on any atom is -0.482 e. The highest BCUT2D eigenvalue weighted by Crippen LogP contribution is 2.12. The number of carbonyl (C=O) groups is 2. The predicted molar refractivity (Wildman–Crippen MR) is 77.0 cm³/mol. The maximum Gasteiger partial charge on any atom is 0.407 e. The molecule has 6 nitrogen and oxygen atoms in total. The molecule has 1 aromatic rings. The lowest BCUT2D eigenvalue weighted by Gasteiger charge is -2.19. The third-order valence-electron chi connectivity index (χ3n) is 2.34. The molecule has 116 valence electrons. The molecule has 0 spiro atoms. The summed E-state index contributed by atoms with van der Waals surface area (Å²) >= 11 is 0. The molecule has 0 saturated heterocycles. The van der Waals surface area contributed by atoms with Gasteiger partial charge in [0.05, 0.1) is 7.11 Å². The number of esters is 1. The lowest BCUT2D eigenvalue weighted by molar-refractivity contribution is -0.142. The van der Waals surface area contributed by atoms with E-state index in [4.69, 9.17) is 9.47 Å². The van der Waals surface area contributed by atoms with Crippen LogP contribution in [0.15, 0.2) is 24.3 Å². The van der Waals surface area contributed by atoms with Crippen LogP contribution in [0.2, 0.25) is 0 Å². The van der Waals surface area contributed by atoms with Gasteiger partial charge < -0.3 is 19.5 Å². The van der Waals surface area contributed by atoms with Crippen molar-refractivity contribution in [3.8, 4) is 5.75 Å². The predicted octanol–water partition coefficient (Wildman–Crippen LogP) is 2.26. The van der Waals surface area contributed by atoms with Gasteiger partial charge in [-0.1, -0.05) is 12.1 Å². The zero-order valence-electron chi connectivity index (χ0n) is 12.8. The topological polar surface area (TPSA) is 73.9 Å². The zero-order chi connectivity index (χ0) is 15.9. The number of benzene rings is 1. The van der Waals surface area contributed by atoms with Crippen molar-refractivity contribution < 1.29 is 23.8 Å². The first-order chi connectivity index (χ1) is 9.80. The van der Waals surface area contributed by atoms with E-state index < -0.39 is 17.7 Å². The Balaban J connectivity index is 2.41. The Morgan fingerprint density at radius 3 is 2.29 bits per heavy atom. The minimum atomic E-state index is -0.518.